The van der Waals surface area contributed by atoms with Gasteiger partial charge in [-0.05, 0) is 12.3 Å². The molecule has 1 amide bonds. The van der Waals surface area contributed by atoms with E-state index < -0.39 is 0 Å². The van der Waals surface area contributed by atoms with Crippen LogP contribution in [0.25, 0.3) is 0 Å². The topological polar surface area (TPSA) is 83.3 Å². The van der Waals surface area contributed by atoms with E-state index in [1.54, 1.807) is 0 Å². The summed E-state index contributed by atoms with van der Waals surface area (Å²) >= 11 is 1.40. The zero-order chi connectivity index (χ0) is 14.1. The molecule has 3 rings (SSSR count). The van der Waals surface area contributed by atoms with Gasteiger partial charge in [0.1, 0.15) is 10.7 Å². The van der Waals surface area contributed by atoms with Gasteiger partial charge in [0.25, 0.3) is 5.91 Å². The van der Waals surface area contributed by atoms with Crippen LogP contribution in [0.4, 0.5) is 10.9 Å². The summed E-state index contributed by atoms with van der Waals surface area (Å²) in [4.78, 5) is 19.3. The average Bonchev–Trinajstić information content (AvgIpc) is 3.10. The number of thiazole rings is 1. The fraction of sp³-hybridized carbons (Fsp3) is 0.692. The van der Waals surface area contributed by atoms with Crippen molar-refractivity contribution in [3.8, 4) is 0 Å². The van der Waals surface area contributed by atoms with Crippen LogP contribution in [0.3, 0.4) is 0 Å². The lowest BCUT2D eigenvalue weighted by atomic mass is 10.3. The van der Waals surface area contributed by atoms with Crippen LogP contribution in [-0.2, 0) is 0 Å². The van der Waals surface area contributed by atoms with Crippen molar-refractivity contribution in [1.82, 2.24) is 15.6 Å². The minimum absolute atomic E-state index is 0.0673. The Hall–Kier alpha value is -1.34. The Labute approximate surface area is 122 Å². The molecular formula is C13H21N5OS. The van der Waals surface area contributed by atoms with Crippen molar-refractivity contribution in [2.24, 2.45) is 5.92 Å². The molecule has 1 aliphatic heterocycles. The van der Waals surface area contributed by atoms with Gasteiger partial charge >= 0.3 is 0 Å². The Morgan fingerprint density at radius 3 is 2.95 bits per heavy atom. The van der Waals surface area contributed by atoms with E-state index in [-0.39, 0.29) is 5.91 Å². The van der Waals surface area contributed by atoms with Crippen LogP contribution in [0.5, 0.6) is 0 Å². The van der Waals surface area contributed by atoms with Crippen molar-refractivity contribution >= 4 is 28.2 Å². The van der Waals surface area contributed by atoms with Crippen molar-refractivity contribution in [1.29, 1.82) is 0 Å². The number of nitrogen functional groups attached to an aromatic ring is 1. The average molecular weight is 295 g/mol. The number of nitrogens with one attached hydrogen (secondary N) is 2. The van der Waals surface area contributed by atoms with E-state index in [9.17, 15) is 4.79 Å². The van der Waals surface area contributed by atoms with Gasteiger partial charge in [0.15, 0.2) is 5.13 Å². The molecule has 0 radical (unpaired) electrons. The zero-order valence-corrected chi connectivity index (χ0v) is 12.5. The van der Waals surface area contributed by atoms with E-state index in [2.05, 4.69) is 27.4 Å². The SMILES string of the molecule is CCC1CC1NC(=O)c1sc(N2CCNCC2)nc1N. The van der Waals surface area contributed by atoms with Crippen LogP contribution in [0.2, 0.25) is 0 Å². The molecule has 110 valence electrons. The van der Waals surface area contributed by atoms with Crippen LogP contribution >= 0.6 is 11.3 Å². The number of hydrogen-bond acceptors (Lipinski definition) is 6. The zero-order valence-electron chi connectivity index (χ0n) is 11.7. The predicted octanol–water partition coefficient (Wildman–Crippen LogP) is 0.663. The van der Waals surface area contributed by atoms with Gasteiger partial charge < -0.3 is 21.3 Å². The molecule has 1 aromatic rings. The summed E-state index contributed by atoms with van der Waals surface area (Å²) in [5.41, 5.74) is 5.91. The molecule has 0 aromatic carbocycles. The Morgan fingerprint density at radius 2 is 2.30 bits per heavy atom. The lowest BCUT2D eigenvalue weighted by molar-refractivity contribution is 0.0953. The molecule has 2 aliphatic rings. The number of nitrogens with zero attached hydrogens (tertiary/aromatic N) is 2. The second-order valence-corrected chi connectivity index (χ2v) is 6.41. The summed E-state index contributed by atoms with van der Waals surface area (Å²) in [5, 5.41) is 7.21. The number of piperazine rings is 1. The fourth-order valence-electron chi connectivity index (χ4n) is 2.58. The highest BCUT2D eigenvalue weighted by Gasteiger charge is 2.37. The molecule has 2 atom stereocenters. The molecule has 0 bridgehead atoms. The Morgan fingerprint density at radius 1 is 1.55 bits per heavy atom. The quantitative estimate of drug-likeness (QED) is 0.760. The van der Waals surface area contributed by atoms with Gasteiger partial charge in [0, 0.05) is 32.2 Å². The molecule has 1 aromatic heterocycles. The standard InChI is InChI=1S/C13H21N5OS/c1-2-8-7-9(8)16-12(19)10-11(14)17-13(20-10)18-5-3-15-4-6-18/h8-9,15H,2-7,14H2,1H3,(H,16,19). The summed E-state index contributed by atoms with van der Waals surface area (Å²) in [6.45, 7) is 5.87. The number of hydrogen-bond donors (Lipinski definition) is 3. The first-order chi connectivity index (χ1) is 9.69. The van der Waals surface area contributed by atoms with Crippen LogP contribution in [-0.4, -0.2) is 43.1 Å². The van der Waals surface area contributed by atoms with Gasteiger partial charge in [-0.25, -0.2) is 4.98 Å². The van der Waals surface area contributed by atoms with Crippen molar-refractivity contribution in [3.05, 3.63) is 4.88 Å². The van der Waals surface area contributed by atoms with Gasteiger partial charge in [-0.15, -0.1) is 0 Å². The monoisotopic (exact) mass is 295 g/mol. The fourth-order valence-corrected chi connectivity index (χ4v) is 3.52. The van der Waals surface area contributed by atoms with Crippen molar-refractivity contribution < 1.29 is 4.79 Å². The largest absolute Gasteiger partial charge is 0.382 e. The third kappa shape index (κ3) is 2.73. The van der Waals surface area contributed by atoms with Crippen LogP contribution in [0, 0.1) is 5.92 Å². The highest BCUT2D eigenvalue weighted by atomic mass is 32.1. The molecule has 2 heterocycles. The maximum atomic E-state index is 12.2. The van der Waals surface area contributed by atoms with Gasteiger partial charge in [-0.2, -0.15) is 0 Å². The van der Waals surface area contributed by atoms with Gasteiger partial charge in [-0.1, -0.05) is 24.7 Å². The lowest BCUT2D eigenvalue weighted by Gasteiger charge is -2.26. The summed E-state index contributed by atoms with van der Waals surface area (Å²) in [7, 11) is 0. The number of anilines is 2. The van der Waals surface area contributed by atoms with E-state index >= 15 is 0 Å². The van der Waals surface area contributed by atoms with Crippen molar-refractivity contribution in [3.63, 3.8) is 0 Å². The highest BCUT2D eigenvalue weighted by Crippen LogP contribution is 2.34. The van der Waals surface area contributed by atoms with Crippen molar-refractivity contribution in [2.45, 2.75) is 25.8 Å². The van der Waals surface area contributed by atoms with Gasteiger partial charge in [-0.3, -0.25) is 4.79 Å². The first kappa shape index (κ1) is 13.6. The normalized spacial score (nSPS) is 25.6. The van der Waals surface area contributed by atoms with Crippen molar-refractivity contribution in [2.75, 3.05) is 36.8 Å². The molecule has 0 spiro atoms. The smallest absolute Gasteiger partial charge is 0.265 e. The molecule has 4 N–H and O–H groups in total. The summed E-state index contributed by atoms with van der Waals surface area (Å²) in [5.74, 6) is 0.929. The number of nitrogens with two attached hydrogens (primary N) is 1. The summed E-state index contributed by atoms with van der Waals surface area (Å²) in [6, 6.07) is 0.330. The number of carbonyl (C=O) groups is 1. The Bertz CT molecular complexity index is 497. The molecule has 2 unspecified atom stereocenters. The van der Waals surface area contributed by atoms with Crippen LogP contribution in [0.15, 0.2) is 0 Å². The summed E-state index contributed by atoms with van der Waals surface area (Å²) in [6.07, 6.45) is 2.21. The van der Waals surface area contributed by atoms with Gasteiger partial charge in [0.05, 0.1) is 0 Å². The Balaban J connectivity index is 1.67. The molecule has 1 saturated heterocycles. The first-order valence-electron chi connectivity index (χ1n) is 7.22. The van der Waals surface area contributed by atoms with E-state index in [0.717, 1.165) is 44.2 Å². The van der Waals surface area contributed by atoms with Gasteiger partial charge in [0.2, 0.25) is 0 Å². The third-order valence-electron chi connectivity index (χ3n) is 4.00. The van der Waals surface area contributed by atoms with E-state index in [1.165, 1.54) is 11.3 Å². The van der Waals surface area contributed by atoms with E-state index in [0.29, 0.717) is 22.7 Å². The van der Waals surface area contributed by atoms with Crippen LogP contribution in [0.1, 0.15) is 29.4 Å². The highest BCUT2D eigenvalue weighted by molar-refractivity contribution is 7.18. The predicted molar refractivity (Wildman–Crippen MR) is 81.3 cm³/mol. The lowest BCUT2D eigenvalue weighted by Crippen LogP contribution is -2.43. The molecule has 1 saturated carbocycles. The molecule has 7 heteroatoms. The minimum atomic E-state index is -0.0673. The molecule has 1 aliphatic carbocycles. The number of aromatic nitrogens is 1. The third-order valence-corrected chi connectivity index (χ3v) is 5.13. The summed E-state index contributed by atoms with van der Waals surface area (Å²) < 4.78 is 0. The first-order valence-corrected chi connectivity index (χ1v) is 8.03. The second kappa shape index (κ2) is 5.57. The maximum absolute atomic E-state index is 12.2. The number of amides is 1. The molecular weight excluding hydrogens is 274 g/mol. The maximum Gasteiger partial charge on any atom is 0.265 e. The minimum Gasteiger partial charge on any atom is -0.382 e. The van der Waals surface area contributed by atoms with E-state index in [1.807, 2.05) is 0 Å². The van der Waals surface area contributed by atoms with Crippen LogP contribution < -0.4 is 21.3 Å². The van der Waals surface area contributed by atoms with E-state index in [4.69, 9.17) is 5.73 Å². The molecule has 20 heavy (non-hydrogen) atoms. The number of rotatable bonds is 4. The number of carbonyl (C=O) groups excluding carboxylic acids is 1. The second-order valence-electron chi connectivity index (χ2n) is 5.43. The Kier molecular flexibility index (Phi) is 3.80. The molecule has 2 fully saturated rings. The molecule has 6 nitrogen and oxygen atoms in total.